The minimum Gasteiger partial charge on any atom is -0.296 e. The summed E-state index contributed by atoms with van der Waals surface area (Å²) in [7, 11) is 0. The zero-order valence-electron chi connectivity index (χ0n) is 13.1. The molecule has 1 N–H and O–H groups in total. The molecular weight excluding hydrogens is 314 g/mol. The van der Waals surface area contributed by atoms with Gasteiger partial charge in [-0.15, -0.1) is 0 Å². The summed E-state index contributed by atoms with van der Waals surface area (Å²) in [6.07, 6.45) is 5.33. The number of pyridine rings is 1. The number of hydrogen-bond acceptors (Lipinski definition) is 3. The smallest absolute Gasteiger partial charge is 0.248 e. The SMILES string of the molecule is Cc1ccc2nc(NC(=O)CC3CC(F)(F)C3)n(C3=CC=C3)c2n1. The van der Waals surface area contributed by atoms with Crippen molar-refractivity contribution in [2.75, 3.05) is 5.32 Å². The summed E-state index contributed by atoms with van der Waals surface area (Å²) in [5.74, 6) is -2.80. The van der Waals surface area contributed by atoms with E-state index in [0.717, 1.165) is 11.4 Å². The lowest BCUT2D eigenvalue weighted by Crippen LogP contribution is -2.37. The summed E-state index contributed by atoms with van der Waals surface area (Å²) in [4.78, 5) is 21.1. The van der Waals surface area contributed by atoms with E-state index in [1.165, 1.54) is 0 Å². The topological polar surface area (TPSA) is 59.8 Å². The van der Waals surface area contributed by atoms with Crippen LogP contribution in [0.25, 0.3) is 16.9 Å². The molecule has 2 aliphatic carbocycles. The van der Waals surface area contributed by atoms with Gasteiger partial charge in [0.1, 0.15) is 5.52 Å². The molecule has 2 aromatic rings. The molecule has 0 saturated heterocycles. The monoisotopic (exact) mass is 330 g/mol. The molecule has 7 heteroatoms. The standard InChI is InChI=1S/C17H16F2N4O/c1-10-5-6-13-15(20-10)23(12-3-2-4-12)16(21-13)22-14(24)7-11-8-17(18,19)9-11/h2-6,11H,7-9H2,1H3,(H,21,22,24). The van der Waals surface area contributed by atoms with Gasteiger partial charge in [0, 0.05) is 25.0 Å². The molecule has 0 unspecified atom stereocenters. The Morgan fingerprint density at radius 1 is 1.38 bits per heavy atom. The minimum atomic E-state index is -2.61. The van der Waals surface area contributed by atoms with Crippen molar-refractivity contribution in [3.8, 4) is 0 Å². The molecule has 1 amide bonds. The van der Waals surface area contributed by atoms with Crippen LogP contribution in [0.2, 0.25) is 0 Å². The molecule has 124 valence electrons. The summed E-state index contributed by atoms with van der Waals surface area (Å²) >= 11 is 0. The van der Waals surface area contributed by atoms with E-state index in [1.54, 1.807) is 4.57 Å². The third-order valence-electron chi connectivity index (χ3n) is 4.34. The van der Waals surface area contributed by atoms with Crippen LogP contribution in [-0.2, 0) is 4.79 Å². The molecule has 0 aliphatic heterocycles. The third kappa shape index (κ3) is 2.60. The molecule has 0 atom stereocenters. The Labute approximate surface area is 137 Å². The molecule has 2 aliphatic rings. The van der Waals surface area contributed by atoms with Crippen LogP contribution in [0.15, 0.2) is 30.4 Å². The Kier molecular flexibility index (Phi) is 3.26. The Bertz CT molecular complexity index is 889. The molecule has 0 spiro atoms. The lowest BCUT2D eigenvalue weighted by molar-refractivity contribution is -0.129. The van der Waals surface area contributed by atoms with Crippen LogP contribution in [0.5, 0.6) is 0 Å². The van der Waals surface area contributed by atoms with Gasteiger partial charge in [-0.05, 0) is 37.1 Å². The molecule has 1 fully saturated rings. The number of aryl methyl sites for hydroxylation is 1. The molecule has 2 heterocycles. The van der Waals surface area contributed by atoms with E-state index in [0.29, 0.717) is 17.1 Å². The van der Waals surface area contributed by atoms with E-state index in [2.05, 4.69) is 15.3 Å². The van der Waals surface area contributed by atoms with Crippen molar-refractivity contribution in [3.63, 3.8) is 0 Å². The van der Waals surface area contributed by atoms with Gasteiger partial charge >= 0.3 is 0 Å². The summed E-state index contributed by atoms with van der Waals surface area (Å²) in [6, 6.07) is 3.70. The van der Waals surface area contributed by atoms with Gasteiger partial charge in [-0.2, -0.15) is 0 Å². The molecular formula is C17H16F2N4O. The maximum Gasteiger partial charge on any atom is 0.248 e. The molecule has 0 bridgehead atoms. The fourth-order valence-electron chi connectivity index (χ4n) is 3.08. The zero-order chi connectivity index (χ0) is 16.9. The van der Waals surface area contributed by atoms with Crippen molar-refractivity contribution in [3.05, 3.63) is 36.1 Å². The Morgan fingerprint density at radius 3 is 2.75 bits per heavy atom. The van der Waals surface area contributed by atoms with Crippen LogP contribution in [0.1, 0.15) is 25.0 Å². The van der Waals surface area contributed by atoms with E-state index >= 15 is 0 Å². The van der Waals surface area contributed by atoms with Gasteiger partial charge in [-0.3, -0.25) is 14.7 Å². The number of anilines is 1. The van der Waals surface area contributed by atoms with Crippen molar-refractivity contribution in [2.45, 2.75) is 32.1 Å². The molecule has 4 rings (SSSR count). The fourth-order valence-corrected chi connectivity index (χ4v) is 3.08. The lowest BCUT2D eigenvalue weighted by atomic mass is 9.79. The van der Waals surface area contributed by atoms with E-state index in [9.17, 15) is 13.6 Å². The summed E-state index contributed by atoms with van der Waals surface area (Å²) < 4.78 is 27.6. The quantitative estimate of drug-likeness (QED) is 0.933. The second-order valence-corrected chi connectivity index (χ2v) is 6.40. The van der Waals surface area contributed by atoms with E-state index in [4.69, 9.17) is 0 Å². The normalized spacial score (nSPS) is 18.9. The Balaban J connectivity index is 1.58. The number of rotatable bonds is 4. The average Bonchev–Trinajstić information content (AvgIpc) is 2.73. The first-order valence-electron chi connectivity index (χ1n) is 7.84. The first kappa shape index (κ1) is 15.0. The molecule has 1 saturated carbocycles. The first-order valence-corrected chi connectivity index (χ1v) is 7.84. The van der Waals surface area contributed by atoms with Crippen LogP contribution >= 0.6 is 0 Å². The van der Waals surface area contributed by atoms with Gasteiger partial charge in [0.25, 0.3) is 0 Å². The van der Waals surface area contributed by atoms with Crippen molar-refractivity contribution >= 4 is 28.7 Å². The predicted octanol–water partition coefficient (Wildman–Crippen LogP) is 3.52. The van der Waals surface area contributed by atoms with E-state index in [1.807, 2.05) is 37.3 Å². The predicted molar refractivity (Wildman–Crippen MR) is 86.6 cm³/mol. The number of aromatic nitrogens is 3. The average molecular weight is 330 g/mol. The fraction of sp³-hybridized carbons (Fsp3) is 0.353. The highest BCUT2D eigenvalue weighted by molar-refractivity contribution is 5.93. The number of carbonyl (C=O) groups excluding carboxylic acids is 1. The van der Waals surface area contributed by atoms with Crippen LogP contribution in [0.3, 0.4) is 0 Å². The molecule has 0 radical (unpaired) electrons. The maximum atomic E-state index is 12.9. The van der Waals surface area contributed by atoms with E-state index in [-0.39, 0.29) is 31.1 Å². The highest BCUT2D eigenvalue weighted by Gasteiger charge is 2.45. The highest BCUT2D eigenvalue weighted by atomic mass is 19.3. The van der Waals surface area contributed by atoms with Crippen molar-refractivity contribution < 1.29 is 13.6 Å². The summed E-state index contributed by atoms with van der Waals surface area (Å²) in [5.41, 5.74) is 3.06. The van der Waals surface area contributed by atoms with E-state index < -0.39 is 5.92 Å². The van der Waals surface area contributed by atoms with Crippen molar-refractivity contribution in [1.29, 1.82) is 0 Å². The van der Waals surface area contributed by atoms with Crippen molar-refractivity contribution in [1.82, 2.24) is 14.5 Å². The van der Waals surface area contributed by atoms with Gasteiger partial charge in [-0.25, -0.2) is 18.7 Å². The molecule has 5 nitrogen and oxygen atoms in total. The Hall–Kier alpha value is -2.57. The zero-order valence-corrected chi connectivity index (χ0v) is 13.1. The molecule has 2 aromatic heterocycles. The summed E-state index contributed by atoms with van der Waals surface area (Å²) in [5, 5.41) is 2.75. The van der Waals surface area contributed by atoms with Crippen LogP contribution in [-0.4, -0.2) is 26.4 Å². The summed E-state index contributed by atoms with van der Waals surface area (Å²) in [6.45, 7) is 1.89. The number of fused-ring (bicyclic) bond motifs is 1. The Morgan fingerprint density at radius 2 is 2.12 bits per heavy atom. The van der Waals surface area contributed by atoms with Gasteiger partial charge < -0.3 is 0 Å². The number of nitrogens with zero attached hydrogens (tertiary/aromatic N) is 3. The van der Waals surface area contributed by atoms with Crippen LogP contribution < -0.4 is 5.32 Å². The maximum absolute atomic E-state index is 12.9. The largest absolute Gasteiger partial charge is 0.296 e. The van der Waals surface area contributed by atoms with Crippen LogP contribution in [0.4, 0.5) is 14.7 Å². The minimum absolute atomic E-state index is 0.0835. The van der Waals surface area contributed by atoms with Gasteiger partial charge in [0.05, 0.1) is 5.70 Å². The lowest BCUT2D eigenvalue weighted by Gasteiger charge is -2.34. The molecule has 0 aromatic carbocycles. The number of amides is 1. The second-order valence-electron chi connectivity index (χ2n) is 6.40. The number of alkyl halides is 2. The number of imidazole rings is 1. The molecule has 24 heavy (non-hydrogen) atoms. The van der Waals surface area contributed by atoms with Crippen LogP contribution in [0, 0.1) is 12.8 Å². The van der Waals surface area contributed by atoms with Gasteiger partial charge in [0.2, 0.25) is 17.8 Å². The highest BCUT2D eigenvalue weighted by Crippen LogP contribution is 2.44. The number of hydrogen-bond donors (Lipinski definition) is 1. The number of halogens is 2. The second kappa shape index (κ2) is 5.22. The first-order chi connectivity index (χ1) is 11.4. The third-order valence-corrected chi connectivity index (χ3v) is 4.34. The van der Waals surface area contributed by atoms with Crippen molar-refractivity contribution in [2.24, 2.45) is 5.92 Å². The van der Waals surface area contributed by atoms with Gasteiger partial charge in [-0.1, -0.05) is 6.08 Å². The number of nitrogens with one attached hydrogen (secondary N) is 1. The number of allylic oxidation sites excluding steroid dienone is 4. The van der Waals surface area contributed by atoms with Gasteiger partial charge in [0.15, 0.2) is 5.65 Å². The number of carbonyl (C=O) groups is 1.